The highest BCUT2D eigenvalue weighted by Crippen LogP contribution is 2.30. The average molecular weight is 344 g/mol. The Morgan fingerprint density at radius 2 is 1.52 bits per heavy atom. The minimum Gasteiger partial charge on any atom is -0.508 e. The summed E-state index contributed by atoms with van der Waals surface area (Å²) in [7, 11) is 0. The zero-order chi connectivity index (χ0) is 18.2. The van der Waals surface area contributed by atoms with Gasteiger partial charge in [0.05, 0.1) is 17.7 Å². The molecule has 0 amide bonds. The molecule has 0 aliphatic carbocycles. The second-order valence-electron chi connectivity index (χ2n) is 5.97. The molecule has 0 spiro atoms. The van der Waals surface area contributed by atoms with Crippen molar-refractivity contribution in [2.45, 2.75) is 39.0 Å². The van der Waals surface area contributed by atoms with Crippen molar-refractivity contribution >= 4 is 5.78 Å². The van der Waals surface area contributed by atoms with E-state index in [1.807, 2.05) is 0 Å². The van der Waals surface area contributed by atoms with E-state index in [1.54, 1.807) is 6.07 Å². The molecule has 0 fully saturated rings. The van der Waals surface area contributed by atoms with Crippen LogP contribution in [0.1, 0.15) is 54.9 Å². The Balaban J connectivity index is 2.00. The molecule has 2 aromatic carbocycles. The van der Waals surface area contributed by atoms with E-state index in [0.717, 1.165) is 18.9 Å². The van der Waals surface area contributed by atoms with Gasteiger partial charge in [-0.2, -0.15) is 0 Å². The summed E-state index contributed by atoms with van der Waals surface area (Å²) >= 11 is 0. The summed E-state index contributed by atoms with van der Waals surface area (Å²) < 4.78 is 5.59. The maximum absolute atomic E-state index is 12.4. The molecule has 0 aliphatic rings. The summed E-state index contributed by atoms with van der Waals surface area (Å²) in [6, 6.07) is 8.19. The summed E-state index contributed by atoms with van der Waals surface area (Å²) in [6.07, 6.45) is 5.66. The minimum atomic E-state index is -0.527. The highest BCUT2D eigenvalue weighted by molar-refractivity contribution is 6.12. The second kappa shape index (κ2) is 8.97. The largest absolute Gasteiger partial charge is 0.508 e. The average Bonchev–Trinajstić information content (AvgIpc) is 2.57. The first-order valence-corrected chi connectivity index (χ1v) is 8.55. The molecule has 0 saturated carbocycles. The maximum Gasteiger partial charge on any atom is 0.200 e. The van der Waals surface area contributed by atoms with E-state index < -0.39 is 5.78 Å². The molecule has 0 aromatic heterocycles. The third-order valence-corrected chi connectivity index (χ3v) is 3.96. The monoisotopic (exact) mass is 344 g/mol. The number of phenols is 3. The fourth-order valence-corrected chi connectivity index (χ4v) is 2.55. The Morgan fingerprint density at radius 3 is 2.16 bits per heavy atom. The van der Waals surface area contributed by atoms with Crippen molar-refractivity contribution in [1.29, 1.82) is 0 Å². The molecular formula is C20H24O5. The number of benzene rings is 2. The van der Waals surface area contributed by atoms with Gasteiger partial charge in [0.25, 0.3) is 0 Å². The van der Waals surface area contributed by atoms with Gasteiger partial charge in [-0.3, -0.25) is 4.79 Å². The molecule has 134 valence electrons. The number of ketones is 1. The molecule has 0 unspecified atom stereocenters. The van der Waals surface area contributed by atoms with Gasteiger partial charge in [-0.25, -0.2) is 0 Å². The van der Waals surface area contributed by atoms with Gasteiger partial charge in [-0.05, 0) is 30.7 Å². The SMILES string of the molecule is CCCCCCCOc1ccc(C(=O)c2ccc(O)cc2O)c(O)c1. The van der Waals surface area contributed by atoms with Crippen LogP contribution in [0.2, 0.25) is 0 Å². The lowest BCUT2D eigenvalue weighted by Crippen LogP contribution is -2.03. The van der Waals surface area contributed by atoms with Crippen LogP contribution in [0, 0.1) is 0 Å². The van der Waals surface area contributed by atoms with Crippen LogP contribution >= 0.6 is 0 Å². The molecule has 25 heavy (non-hydrogen) atoms. The number of aromatic hydroxyl groups is 3. The fraction of sp³-hybridized carbons (Fsp3) is 0.350. The number of carbonyl (C=O) groups is 1. The number of hydrogen-bond donors (Lipinski definition) is 3. The zero-order valence-electron chi connectivity index (χ0n) is 14.4. The van der Waals surface area contributed by atoms with Crippen molar-refractivity contribution in [3.8, 4) is 23.0 Å². The standard InChI is InChI=1S/C20H24O5/c1-2-3-4-5-6-11-25-15-8-10-17(19(23)13-15)20(24)16-9-7-14(21)12-18(16)22/h7-10,12-13,21-23H,2-6,11H2,1H3. The highest BCUT2D eigenvalue weighted by Gasteiger charge is 2.18. The van der Waals surface area contributed by atoms with Gasteiger partial charge < -0.3 is 20.1 Å². The van der Waals surface area contributed by atoms with Crippen LogP contribution in [0.5, 0.6) is 23.0 Å². The summed E-state index contributed by atoms with van der Waals surface area (Å²) in [5.74, 6) is -0.709. The van der Waals surface area contributed by atoms with Crippen LogP contribution in [0.4, 0.5) is 0 Å². The molecule has 0 radical (unpaired) electrons. The third-order valence-electron chi connectivity index (χ3n) is 3.96. The van der Waals surface area contributed by atoms with Crippen LogP contribution in [-0.4, -0.2) is 27.7 Å². The predicted octanol–water partition coefficient (Wildman–Crippen LogP) is 4.38. The van der Waals surface area contributed by atoms with Gasteiger partial charge in [0.15, 0.2) is 5.78 Å². The molecule has 3 N–H and O–H groups in total. The molecule has 2 rings (SSSR count). The lowest BCUT2D eigenvalue weighted by atomic mass is 10.0. The van der Waals surface area contributed by atoms with Crippen LogP contribution in [0.3, 0.4) is 0 Å². The zero-order valence-corrected chi connectivity index (χ0v) is 14.4. The van der Waals surface area contributed by atoms with E-state index in [2.05, 4.69) is 6.92 Å². The number of phenolic OH excluding ortho intramolecular Hbond substituents is 3. The molecule has 0 bridgehead atoms. The summed E-state index contributed by atoms with van der Waals surface area (Å²) in [4.78, 5) is 12.4. The van der Waals surface area contributed by atoms with Crippen LogP contribution in [0.25, 0.3) is 0 Å². The van der Waals surface area contributed by atoms with Gasteiger partial charge in [-0.1, -0.05) is 32.6 Å². The lowest BCUT2D eigenvalue weighted by molar-refractivity contribution is 0.103. The Labute approximate surface area is 147 Å². The molecule has 0 saturated heterocycles. The normalized spacial score (nSPS) is 10.6. The second-order valence-corrected chi connectivity index (χ2v) is 5.97. The van der Waals surface area contributed by atoms with E-state index in [-0.39, 0.29) is 28.4 Å². The van der Waals surface area contributed by atoms with Crippen molar-refractivity contribution in [2.75, 3.05) is 6.61 Å². The van der Waals surface area contributed by atoms with Gasteiger partial charge in [-0.15, -0.1) is 0 Å². The van der Waals surface area contributed by atoms with Crippen molar-refractivity contribution < 1.29 is 24.9 Å². The molecular weight excluding hydrogens is 320 g/mol. The fourth-order valence-electron chi connectivity index (χ4n) is 2.55. The van der Waals surface area contributed by atoms with E-state index in [9.17, 15) is 20.1 Å². The number of carbonyl (C=O) groups excluding carboxylic acids is 1. The Kier molecular flexibility index (Phi) is 6.69. The molecule has 2 aromatic rings. The predicted molar refractivity (Wildman–Crippen MR) is 95.6 cm³/mol. The topological polar surface area (TPSA) is 87.0 Å². The van der Waals surface area contributed by atoms with Crippen LogP contribution < -0.4 is 4.74 Å². The Hall–Kier alpha value is -2.69. The number of rotatable bonds is 9. The van der Waals surface area contributed by atoms with Crippen molar-refractivity contribution in [3.05, 3.63) is 47.5 Å². The van der Waals surface area contributed by atoms with Gasteiger partial charge in [0.2, 0.25) is 0 Å². The highest BCUT2D eigenvalue weighted by atomic mass is 16.5. The Morgan fingerprint density at radius 1 is 0.880 bits per heavy atom. The molecule has 0 aliphatic heterocycles. The lowest BCUT2D eigenvalue weighted by Gasteiger charge is -2.10. The first-order chi connectivity index (χ1) is 12.0. The number of ether oxygens (including phenoxy) is 1. The van der Waals surface area contributed by atoms with E-state index >= 15 is 0 Å². The van der Waals surface area contributed by atoms with Crippen LogP contribution in [0.15, 0.2) is 36.4 Å². The molecule has 5 heteroatoms. The van der Waals surface area contributed by atoms with E-state index in [0.29, 0.717) is 12.4 Å². The molecule has 0 atom stereocenters. The van der Waals surface area contributed by atoms with Crippen molar-refractivity contribution in [1.82, 2.24) is 0 Å². The summed E-state index contributed by atoms with van der Waals surface area (Å²) in [6.45, 7) is 2.73. The molecule has 5 nitrogen and oxygen atoms in total. The van der Waals surface area contributed by atoms with Crippen LogP contribution in [-0.2, 0) is 0 Å². The third kappa shape index (κ3) is 5.14. The Bertz CT molecular complexity index is 724. The molecule has 0 heterocycles. The van der Waals surface area contributed by atoms with Gasteiger partial charge in [0, 0.05) is 12.1 Å². The minimum absolute atomic E-state index is 0.0118. The maximum atomic E-state index is 12.4. The van der Waals surface area contributed by atoms with Crippen molar-refractivity contribution in [3.63, 3.8) is 0 Å². The number of unbranched alkanes of at least 4 members (excludes halogenated alkanes) is 4. The summed E-state index contributed by atoms with van der Waals surface area (Å²) in [5.41, 5.74) is 0.0778. The van der Waals surface area contributed by atoms with E-state index in [1.165, 1.54) is 43.5 Å². The first-order valence-electron chi connectivity index (χ1n) is 8.55. The summed E-state index contributed by atoms with van der Waals surface area (Å²) in [5, 5.41) is 29.2. The van der Waals surface area contributed by atoms with Gasteiger partial charge in [0.1, 0.15) is 23.0 Å². The smallest absolute Gasteiger partial charge is 0.200 e. The van der Waals surface area contributed by atoms with E-state index in [4.69, 9.17) is 4.74 Å². The number of hydrogen-bond acceptors (Lipinski definition) is 5. The first kappa shape index (κ1) is 18.6. The van der Waals surface area contributed by atoms with Crippen molar-refractivity contribution in [2.24, 2.45) is 0 Å². The quantitative estimate of drug-likeness (QED) is 0.464. The van der Waals surface area contributed by atoms with Gasteiger partial charge >= 0.3 is 0 Å².